The van der Waals surface area contributed by atoms with Crippen molar-refractivity contribution in [1.82, 2.24) is 14.8 Å². The van der Waals surface area contributed by atoms with Gasteiger partial charge in [0.1, 0.15) is 17.2 Å². The number of anilines is 2. The number of carbonyl (C=O) groups excluding carboxylic acids is 1. The molecular formula is C14H17ClN4O2. The highest BCUT2D eigenvalue weighted by molar-refractivity contribution is 6.30. The van der Waals surface area contributed by atoms with Crippen LogP contribution in [-0.4, -0.2) is 26.5 Å². The molecule has 0 atom stereocenters. The van der Waals surface area contributed by atoms with E-state index in [-0.39, 0.29) is 0 Å². The van der Waals surface area contributed by atoms with Gasteiger partial charge in [0, 0.05) is 30.4 Å². The number of amides is 1. The largest absolute Gasteiger partial charge is 0.443 e. The lowest BCUT2D eigenvalue weighted by Crippen LogP contribution is -2.35. The molecule has 0 aliphatic rings. The SMILES string of the molecule is Cn1nccc1N(C(=O)OC(C)(C)C)c1cc(Cl)ccn1. The first kappa shape index (κ1) is 15.3. The van der Waals surface area contributed by atoms with Crippen LogP contribution in [0.4, 0.5) is 16.4 Å². The van der Waals surface area contributed by atoms with E-state index >= 15 is 0 Å². The van der Waals surface area contributed by atoms with Crippen LogP contribution < -0.4 is 4.90 Å². The molecule has 2 aromatic rings. The Hall–Kier alpha value is -2.08. The Labute approximate surface area is 128 Å². The molecule has 0 aromatic carbocycles. The standard InChI is InChI=1S/C14H17ClN4O2/c1-14(2,3)21-13(20)19(12-6-8-17-18(12)4)11-9-10(15)5-7-16-11/h5-9H,1-4H3. The van der Waals surface area contributed by atoms with Crippen LogP contribution in [0, 0.1) is 0 Å². The molecule has 112 valence electrons. The normalized spacial score (nSPS) is 11.3. The number of ether oxygens (including phenoxy) is 1. The molecule has 0 fully saturated rings. The van der Waals surface area contributed by atoms with Gasteiger partial charge in [-0.05, 0) is 26.8 Å². The van der Waals surface area contributed by atoms with Crippen molar-refractivity contribution in [2.24, 2.45) is 7.05 Å². The van der Waals surface area contributed by atoms with Crippen LogP contribution in [0.15, 0.2) is 30.6 Å². The summed E-state index contributed by atoms with van der Waals surface area (Å²) in [5.41, 5.74) is -0.619. The predicted octanol–water partition coefficient (Wildman–Crippen LogP) is 3.54. The molecule has 7 heteroatoms. The zero-order valence-electron chi connectivity index (χ0n) is 12.4. The maximum Gasteiger partial charge on any atom is 0.421 e. The number of nitrogens with zero attached hydrogens (tertiary/aromatic N) is 4. The highest BCUT2D eigenvalue weighted by Gasteiger charge is 2.27. The molecule has 0 aliphatic carbocycles. The number of halogens is 1. The van der Waals surface area contributed by atoms with Gasteiger partial charge in [-0.25, -0.2) is 14.7 Å². The van der Waals surface area contributed by atoms with Crippen molar-refractivity contribution >= 4 is 29.3 Å². The molecule has 0 bridgehead atoms. The molecule has 0 unspecified atom stereocenters. The van der Waals surface area contributed by atoms with E-state index in [0.29, 0.717) is 16.7 Å². The summed E-state index contributed by atoms with van der Waals surface area (Å²) in [6, 6.07) is 4.94. The maximum atomic E-state index is 12.5. The van der Waals surface area contributed by atoms with Gasteiger partial charge in [-0.1, -0.05) is 11.6 Å². The average Bonchev–Trinajstić information content (AvgIpc) is 2.74. The van der Waals surface area contributed by atoms with Gasteiger partial charge in [-0.2, -0.15) is 5.10 Å². The van der Waals surface area contributed by atoms with Gasteiger partial charge in [-0.15, -0.1) is 0 Å². The molecule has 6 nitrogen and oxygen atoms in total. The van der Waals surface area contributed by atoms with Gasteiger partial charge >= 0.3 is 6.09 Å². The van der Waals surface area contributed by atoms with E-state index in [0.717, 1.165) is 0 Å². The Morgan fingerprint density at radius 3 is 2.57 bits per heavy atom. The van der Waals surface area contributed by atoms with Crippen molar-refractivity contribution in [2.45, 2.75) is 26.4 Å². The van der Waals surface area contributed by atoms with E-state index in [2.05, 4.69) is 10.1 Å². The summed E-state index contributed by atoms with van der Waals surface area (Å²) < 4.78 is 7.00. The Bertz CT molecular complexity index is 648. The fourth-order valence-corrected chi connectivity index (χ4v) is 1.87. The van der Waals surface area contributed by atoms with Crippen molar-refractivity contribution in [1.29, 1.82) is 0 Å². The molecule has 2 rings (SSSR count). The fourth-order valence-electron chi connectivity index (χ4n) is 1.71. The Morgan fingerprint density at radius 1 is 1.33 bits per heavy atom. The molecule has 0 spiro atoms. The maximum absolute atomic E-state index is 12.5. The minimum absolute atomic E-state index is 0.375. The Morgan fingerprint density at radius 2 is 2.05 bits per heavy atom. The summed E-state index contributed by atoms with van der Waals surface area (Å²) in [6.45, 7) is 5.41. The lowest BCUT2D eigenvalue weighted by atomic mass is 10.2. The van der Waals surface area contributed by atoms with Crippen molar-refractivity contribution in [2.75, 3.05) is 4.90 Å². The van der Waals surface area contributed by atoms with Gasteiger partial charge in [0.15, 0.2) is 0 Å². The van der Waals surface area contributed by atoms with Gasteiger partial charge in [0.25, 0.3) is 0 Å². The zero-order valence-corrected chi connectivity index (χ0v) is 13.1. The molecule has 1 amide bonds. The number of aromatic nitrogens is 3. The zero-order chi connectivity index (χ0) is 15.6. The number of rotatable bonds is 2. The van der Waals surface area contributed by atoms with Gasteiger partial charge in [0.05, 0.1) is 6.20 Å². The lowest BCUT2D eigenvalue weighted by Gasteiger charge is -2.26. The second-order valence-electron chi connectivity index (χ2n) is 5.46. The summed E-state index contributed by atoms with van der Waals surface area (Å²) >= 11 is 5.99. The Balaban J connectivity index is 2.45. The van der Waals surface area contributed by atoms with Crippen LogP contribution in [-0.2, 0) is 11.8 Å². The van der Waals surface area contributed by atoms with Crippen LogP contribution in [0.3, 0.4) is 0 Å². The van der Waals surface area contributed by atoms with Crippen LogP contribution in [0.25, 0.3) is 0 Å². The third-order valence-corrected chi connectivity index (χ3v) is 2.77. The first-order valence-corrected chi connectivity index (χ1v) is 6.78. The van der Waals surface area contributed by atoms with Crippen LogP contribution in [0.2, 0.25) is 5.02 Å². The van der Waals surface area contributed by atoms with E-state index in [4.69, 9.17) is 16.3 Å². The second kappa shape index (κ2) is 5.73. The van der Waals surface area contributed by atoms with Crippen molar-refractivity contribution in [3.8, 4) is 0 Å². The van der Waals surface area contributed by atoms with Crippen LogP contribution >= 0.6 is 11.6 Å². The second-order valence-corrected chi connectivity index (χ2v) is 5.90. The fraction of sp³-hybridized carbons (Fsp3) is 0.357. The number of hydrogen-bond donors (Lipinski definition) is 0. The molecule has 0 N–H and O–H groups in total. The molecule has 0 saturated heterocycles. The molecule has 2 aromatic heterocycles. The molecule has 2 heterocycles. The summed E-state index contributed by atoms with van der Waals surface area (Å²) in [5, 5.41) is 4.55. The van der Waals surface area contributed by atoms with Gasteiger partial charge in [0.2, 0.25) is 0 Å². The van der Waals surface area contributed by atoms with E-state index in [1.807, 2.05) is 0 Å². The van der Waals surface area contributed by atoms with Crippen LogP contribution in [0.5, 0.6) is 0 Å². The molecule has 0 saturated carbocycles. The number of pyridine rings is 1. The average molecular weight is 309 g/mol. The van der Waals surface area contributed by atoms with E-state index in [1.54, 1.807) is 56.9 Å². The first-order chi connectivity index (χ1) is 9.78. The highest BCUT2D eigenvalue weighted by atomic mass is 35.5. The van der Waals surface area contributed by atoms with Gasteiger partial charge < -0.3 is 4.74 Å². The molecule has 0 radical (unpaired) electrons. The summed E-state index contributed by atoms with van der Waals surface area (Å²) in [4.78, 5) is 18.0. The first-order valence-electron chi connectivity index (χ1n) is 6.40. The molecule has 0 aliphatic heterocycles. The quantitative estimate of drug-likeness (QED) is 0.851. The summed E-state index contributed by atoms with van der Waals surface area (Å²) in [5.74, 6) is 0.916. The van der Waals surface area contributed by atoms with Crippen LogP contribution in [0.1, 0.15) is 20.8 Å². The summed E-state index contributed by atoms with van der Waals surface area (Å²) in [6.07, 6.45) is 2.59. The Kier molecular flexibility index (Phi) is 4.18. The monoisotopic (exact) mass is 308 g/mol. The third-order valence-electron chi connectivity index (χ3n) is 2.54. The smallest absolute Gasteiger partial charge is 0.421 e. The van der Waals surface area contributed by atoms with E-state index in [1.165, 1.54) is 11.1 Å². The lowest BCUT2D eigenvalue weighted by molar-refractivity contribution is 0.0596. The number of carbonyl (C=O) groups is 1. The van der Waals surface area contributed by atoms with E-state index < -0.39 is 11.7 Å². The van der Waals surface area contributed by atoms with Crippen molar-refractivity contribution in [3.05, 3.63) is 35.6 Å². The molecule has 21 heavy (non-hydrogen) atoms. The minimum Gasteiger partial charge on any atom is -0.443 e. The molecular weight excluding hydrogens is 292 g/mol. The van der Waals surface area contributed by atoms with Gasteiger partial charge in [-0.3, -0.25) is 4.68 Å². The van der Waals surface area contributed by atoms with E-state index in [9.17, 15) is 4.79 Å². The topological polar surface area (TPSA) is 60.2 Å². The van der Waals surface area contributed by atoms with Crippen molar-refractivity contribution in [3.63, 3.8) is 0 Å². The van der Waals surface area contributed by atoms with Crippen molar-refractivity contribution < 1.29 is 9.53 Å². The predicted molar refractivity (Wildman–Crippen MR) is 80.8 cm³/mol. The number of aryl methyl sites for hydroxylation is 1. The highest BCUT2D eigenvalue weighted by Crippen LogP contribution is 2.27. The number of hydrogen-bond acceptors (Lipinski definition) is 4. The minimum atomic E-state index is -0.619. The summed E-state index contributed by atoms with van der Waals surface area (Å²) in [7, 11) is 1.73. The third kappa shape index (κ3) is 3.72.